The zero-order chi connectivity index (χ0) is 28.6. The normalized spacial score (nSPS) is 29.9. The minimum atomic E-state index is -2.42. The number of rotatable bonds is 9. The van der Waals surface area contributed by atoms with Crippen molar-refractivity contribution in [3.8, 4) is 0 Å². The Balaban J connectivity index is 1.60. The van der Waals surface area contributed by atoms with Crippen LogP contribution >= 0.6 is 0 Å². The number of guanidine groups is 1. The van der Waals surface area contributed by atoms with Crippen LogP contribution in [0, 0.1) is 5.41 Å². The van der Waals surface area contributed by atoms with Crippen molar-refractivity contribution in [2.24, 2.45) is 11.5 Å². The molecule has 13 N–H and O–H groups in total. The number of hydrogen-bond acceptors (Lipinski definition) is 14. The van der Waals surface area contributed by atoms with Crippen molar-refractivity contribution in [1.82, 2.24) is 29.9 Å². The number of amides is 1. The molecule has 1 amide bonds. The number of aliphatic hydroxyl groups is 3. The van der Waals surface area contributed by atoms with Crippen molar-refractivity contribution < 1.29 is 44.7 Å². The number of nitrogen functional groups attached to an aromatic ring is 1. The standard InChI is InChI=1S/C20H30N10O9/c21-7(2-1-3-30(37)18(22)23)15(33)27-10(17(34)35)11-12(32)20(36)9(31)5-38-13(20)16(39-11)29-6-26-8-4-25-19(24)28-14(8)29/h4,6-7,9-13,16,31-32,36-37H,1-3,5,21H2,(H3,22,23)(H,27,33)(H,34,35)(H2,24,25,28)/t7?,9-,10?,11+,12-,13-,16+,20-/m0/s1. The number of fused-ring (bicyclic) bond motifs is 2. The fourth-order valence-electron chi connectivity index (χ4n) is 4.65. The van der Waals surface area contributed by atoms with Gasteiger partial charge < -0.3 is 52.4 Å². The number of aliphatic hydroxyl groups excluding tert-OH is 2. The quantitative estimate of drug-likeness (QED) is 0.0791. The highest BCUT2D eigenvalue weighted by Gasteiger charge is 2.65. The van der Waals surface area contributed by atoms with Gasteiger partial charge in [-0.25, -0.2) is 19.8 Å². The first kappa shape index (κ1) is 28.3. The van der Waals surface area contributed by atoms with Crippen LogP contribution in [0.15, 0.2) is 12.5 Å². The Morgan fingerprint density at radius 3 is 2.74 bits per heavy atom. The molecule has 0 radical (unpaired) electrons. The molecular formula is C20H30N10O9. The summed E-state index contributed by atoms with van der Waals surface area (Å²) in [5, 5.41) is 62.2. The number of nitrogens with one attached hydrogen (secondary N) is 2. The van der Waals surface area contributed by atoms with Crippen molar-refractivity contribution in [3.05, 3.63) is 12.5 Å². The summed E-state index contributed by atoms with van der Waals surface area (Å²) in [5.74, 6) is -3.29. The van der Waals surface area contributed by atoms with Crippen molar-refractivity contribution >= 4 is 34.9 Å². The molecule has 0 bridgehead atoms. The Labute approximate surface area is 219 Å². The van der Waals surface area contributed by atoms with E-state index in [4.69, 9.17) is 32.1 Å². The van der Waals surface area contributed by atoms with Crippen molar-refractivity contribution in [3.63, 3.8) is 0 Å². The molecule has 0 saturated carbocycles. The molecule has 4 rings (SSSR count). The smallest absolute Gasteiger partial charge is 0.329 e. The van der Waals surface area contributed by atoms with Gasteiger partial charge in [0.1, 0.15) is 29.9 Å². The van der Waals surface area contributed by atoms with E-state index in [-0.39, 0.29) is 36.5 Å². The number of aromatic nitrogens is 4. The summed E-state index contributed by atoms with van der Waals surface area (Å²) < 4.78 is 12.7. The lowest BCUT2D eigenvalue weighted by molar-refractivity contribution is -0.286. The number of ether oxygens (including phenoxy) is 2. The van der Waals surface area contributed by atoms with E-state index in [9.17, 15) is 35.2 Å². The van der Waals surface area contributed by atoms with Crippen LogP contribution in [0.5, 0.6) is 0 Å². The van der Waals surface area contributed by atoms with Crippen LogP contribution < -0.4 is 22.5 Å². The molecule has 2 saturated heterocycles. The summed E-state index contributed by atoms with van der Waals surface area (Å²) in [6.07, 6.45) is -5.61. The second-order valence-electron chi connectivity index (χ2n) is 9.26. The molecule has 19 nitrogen and oxygen atoms in total. The van der Waals surface area contributed by atoms with E-state index in [0.717, 1.165) is 0 Å². The van der Waals surface area contributed by atoms with E-state index in [1.807, 2.05) is 0 Å². The molecule has 0 aromatic carbocycles. The van der Waals surface area contributed by atoms with Gasteiger partial charge in [0.05, 0.1) is 25.2 Å². The van der Waals surface area contributed by atoms with E-state index in [1.165, 1.54) is 17.1 Å². The molecule has 0 aliphatic carbocycles. The summed E-state index contributed by atoms with van der Waals surface area (Å²) in [7, 11) is 0. The third kappa shape index (κ3) is 5.15. The van der Waals surface area contributed by atoms with Crippen molar-refractivity contribution in [2.75, 3.05) is 18.9 Å². The van der Waals surface area contributed by atoms with Gasteiger partial charge in [-0.2, -0.15) is 4.98 Å². The minimum absolute atomic E-state index is 0.0278. The summed E-state index contributed by atoms with van der Waals surface area (Å²) >= 11 is 0. The van der Waals surface area contributed by atoms with Gasteiger partial charge in [-0.15, -0.1) is 0 Å². The van der Waals surface area contributed by atoms with Crippen LogP contribution in [-0.2, 0) is 19.1 Å². The lowest BCUT2D eigenvalue weighted by Gasteiger charge is -2.48. The van der Waals surface area contributed by atoms with Gasteiger partial charge in [0.25, 0.3) is 0 Å². The Bertz CT molecular complexity index is 1250. The van der Waals surface area contributed by atoms with Gasteiger partial charge in [0, 0.05) is 6.54 Å². The number of aliphatic carboxylic acids is 1. The minimum Gasteiger partial charge on any atom is -0.480 e. The number of anilines is 1. The predicted octanol–water partition coefficient (Wildman–Crippen LogP) is -4.58. The number of carbonyl (C=O) groups is 2. The number of hydrogen-bond donors (Lipinski definition) is 10. The molecule has 0 spiro atoms. The van der Waals surface area contributed by atoms with Crippen LogP contribution in [0.4, 0.5) is 5.95 Å². The van der Waals surface area contributed by atoms with Gasteiger partial charge in [-0.1, -0.05) is 0 Å². The highest BCUT2D eigenvalue weighted by atomic mass is 16.6. The van der Waals surface area contributed by atoms with Crippen LogP contribution in [0.2, 0.25) is 0 Å². The van der Waals surface area contributed by atoms with E-state index >= 15 is 0 Å². The summed E-state index contributed by atoms with van der Waals surface area (Å²) in [5.41, 5.74) is 14.7. The Morgan fingerprint density at radius 1 is 1.36 bits per heavy atom. The maximum absolute atomic E-state index is 12.7. The zero-order valence-corrected chi connectivity index (χ0v) is 20.4. The fraction of sp³-hybridized carbons (Fsp3) is 0.600. The molecule has 2 aromatic heterocycles. The molecule has 2 unspecified atom stereocenters. The molecule has 39 heavy (non-hydrogen) atoms. The number of carboxylic acid groups (broad SMARTS) is 1. The largest absolute Gasteiger partial charge is 0.480 e. The molecule has 4 heterocycles. The number of hydroxylamine groups is 2. The topological polar surface area (TPSA) is 315 Å². The molecule has 2 aromatic rings. The molecule has 2 aliphatic heterocycles. The van der Waals surface area contributed by atoms with E-state index in [1.54, 1.807) is 0 Å². The van der Waals surface area contributed by atoms with Crippen LogP contribution in [0.3, 0.4) is 0 Å². The average molecular weight is 555 g/mol. The highest BCUT2D eigenvalue weighted by Crippen LogP contribution is 2.44. The second kappa shape index (κ2) is 10.8. The van der Waals surface area contributed by atoms with Gasteiger partial charge in [-0.3, -0.25) is 20.0 Å². The highest BCUT2D eigenvalue weighted by molar-refractivity contribution is 5.87. The summed E-state index contributed by atoms with van der Waals surface area (Å²) in [6, 6.07) is -3.20. The maximum Gasteiger partial charge on any atom is 0.329 e. The van der Waals surface area contributed by atoms with E-state index < -0.39 is 72.8 Å². The number of carboxylic acids is 1. The molecule has 8 atom stereocenters. The average Bonchev–Trinajstić information content (AvgIpc) is 3.43. The Kier molecular flexibility index (Phi) is 7.84. The maximum atomic E-state index is 12.7. The molecule has 2 fully saturated rings. The first-order valence-corrected chi connectivity index (χ1v) is 11.8. The van der Waals surface area contributed by atoms with E-state index in [2.05, 4.69) is 20.3 Å². The first-order valence-electron chi connectivity index (χ1n) is 11.8. The second-order valence-corrected chi connectivity index (χ2v) is 9.26. The number of imidazole rings is 1. The van der Waals surface area contributed by atoms with Crippen molar-refractivity contribution in [2.45, 2.75) is 61.2 Å². The Morgan fingerprint density at radius 2 is 2.08 bits per heavy atom. The van der Waals surface area contributed by atoms with Crippen LogP contribution in [-0.4, -0.2) is 123 Å². The first-order chi connectivity index (χ1) is 18.4. The van der Waals surface area contributed by atoms with Gasteiger partial charge in [-0.05, 0) is 12.8 Å². The van der Waals surface area contributed by atoms with E-state index in [0.29, 0.717) is 5.06 Å². The number of nitrogens with two attached hydrogens (primary N) is 3. The van der Waals surface area contributed by atoms with Crippen molar-refractivity contribution in [1.29, 1.82) is 5.41 Å². The number of nitrogens with zero attached hydrogens (tertiary/aromatic N) is 5. The molecule has 214 valence electrons. The lowest BCUT2D eigenvalue weighted by atomic mass is 9.79. The summed E-state index contributed by atoms with van der Waals surface area (Å²) in [6.45, 7) is -0.518. The van der Waals surface area contributed by atoms with Gasteiger partial charge in [0.15, 0.2) is 23.5 Å². The van der Waals surface area contributed by atoms with Gasteiger partial charge >= 0.3 is 5.97 Å². The molecule has 2 aliphatic rings. The summed E-state index contributed by atoms with van der Waals surface area (Å²) in [4.78, 5) is 37.1. The monoisotopic (exact) mass is 554 g/mol. The molecule has 19 heteroatoms. The van der Waals surface area contributed by atoms with Crippen LogP contribution in [0.25, 0.3) is 11.2 Å². The van der Waals surface area contributed by atoms with Crippen LogP contribution in [0.1, 0.15) is 19.1 Å². The SMILES string of the molecule is N=C(N)N(O)CCCC(N)C(=O)NC(C(=O)O)[C@H]1O[C@@H](n2cnc3cnc(N)nc32)[C@@H]2OC[C@H](O)[C@]2(O)[C@H]1O. The zero-order valence-electron chi connectivity index (χ0n) is 20.4. The Hall–Kier alpha value is -3.72. The molecular weight excluding hydrogens is 524 g/mol. The van der Waals surface area contributed by atoms with Gasteiger partial charge in [0.2, 0.25) is 17.8 Å². The third-order valence-corrected chi connectivity index (χ3v) is 6.76. The fourth-order valence-corrected chi connectivity index (χ4v) is 4.65. The third-order valence-electron chi connectivity index (χ3n) is 6.76. The number of carbonyl (C=O) groups excluding carboxylic acids is 1. The lowest BCUT2D eigenvalue weighted by Crippen LogP contribution is -2.71. The predicted molar refractivity (Wildman–Crippen MR) is 128 cm³/mol.